The van der Waals surface area contributed by atoms with Gasteiger partial charge in [0.05, 0.1) is 11.0 Å². The van der Waals surface area contributed by atoms with Gasteiger partial charge in [0.2, 0.25) is 0 Å². The Balaban J connectivity index is 1.11. The van der Waals surface area contributed by atoms with Crippen LogP contribution in [0, 0.1) is 0 Å². The summed E-state index contributed by atoms with van der Waals surface area (Å²) in [6.45, 7) is 0. The molecule has 10 aromatic rings. The predicted molar refractivity (Wildman–Crippen MR) is 221 cm³/mol. The van der Waals surface area contributed by atoms with Crippen LogP contribution in [0.1, 0.15) is 0 Å². The van der Waals surface area contributed by atoms with E-state index in [4.69, 9.17) is 4.74 Å². The summed E-state index contributed by atoms with van der Waals surface area (Å²) in [6.07, 6.45) is 0. The van der Waals surface area contributed by atoms with Gasteiger partial charge >= 0.3 is 0 Å². The number of hydrogen-bond donors (Lipinski definition) is 0. The number of para-hydroxylation sites is 1. The Morgan fingerprint density at radius 1 is 0.377 bits per heavy atom. The smallest absolute Gasteiger partial charge is 0.137 e. The molecule has 248 valence electrons. The standard InChI is InChI=1S/C50H32N2O/c1-3-11-33(12-4-1)34-21-24-38(25-22-34)52-45-30-27-39(31-44(45)50-41-18-8-7-13-35(41)23-29-46(50)52)51(37-16-5-2-6-17-37)40-26-28-42-43-19-9-14-36-15-10-20-47(49(36)43)53-48(42)32-40/h1-32H. The average molecular weight is 677 g/mol. The number of benzene rings is 9. The van der Waals surface area contributed by atoms with Gasteiger partial charge in [-0.25, -0.2) is 0 Å². The normalized spacial score (nSPS) is 11.9. The van der Waals surface area contributed by atoms with Crippen molar-refractivity contribution in [1.29, 1.82) is 0 Å². The fraction of sp³-hybridized carbons (Fsp3) is 0. The fourth-order valence-electron chi connectivity index (χ4n) is 8.35. The second kappa shape index (κ2) is 11.7. The molecule has 0 saturated carbocycles. The van der Waals surface area contributed by atoms with Crippen LogP contribution in [0.4, 0.5) is 17.1 Å². The molecule has 1 aliphatic rings. The van der Waals surface area contributed by atoms with Crippen LogP contribution in [0.3, 0.4) is 0 Å². The molecule has 11 rings (SSSR count). The first-order valence-electron chi connectivity index (χ1n) is 18.1. The Morgan fingerprint density at radius 3 is 1.91 bits per heavy atom. The van der Waals surface area contributed by atoms with Crippen molar-refractivity contribution < 1.29 is 4.74 Å². The summed E-state index contributed by atoms with van der Waals surface area (Å²) in [5.74, 6) is 1.75. The maximum atomic E-state index is 6.65. The molecular formula is C50H32N2O. The van der Waals surface area contributed by atoms with E-state index >= 15 is 0 Å². The molecule has 0 N–H and O–H groups in total. The highest BCUT2D eigenvalue weighted by Crippen LogP contribution is 2.49. The van der Waals surface area contributed by atoms with Gasteiger partial charge in [0.15, 0.2) is 0 Å². The largest absolute Gasteiger partial charge is 0.456 e. The number of hydrogen-bond acceptors (Lipinski definition) is 2. The maximum absolute atomic E-state index is 6.65. The van der Waals surface area contributed by atoms with Crippen LogP contribution in [-0.4, -0.2) is 4.57 Å². The van der Waals surface area contributed by atoms with Crippen LogP contribution in [0.25, 0.3) is 71.3 Å². The van der Waals surface area contributed by atoms with Gasteiger partial charge in [-0.05, 0) is 99.6 Å². The van der Waals surface area contributed by atoms with Gasteiger partial charge < -0.3 is 14.2 Å². The molecule has 1 aliphatic heterocycles. The summed E-state index contributed by atoms with van der Waals surface area (Å²) in [7, 11) is 0. The molecule has 0 unspecified atom stereocenters. The van der Waals surface area contributed by atoms with Crippen molar-refractivity contribution in [3.63, 3.8) is 0 Å². The molecule has 0 saturated heterocycles. The van der Waals surface area contributed by atoms with Gasteiger partial charge in [-0.15, -0.1) is 0 Å². The first-order chi connectivity index (χ1) is 26.3. The molecule has 3 nitrogen and oxygen atoms in total. The highest BCUT2D eigenvalue weighted by Gasteiger charge is 2.23. The van der Waals surface area contributed by atoms with Crippen LogP contribution in [-0.2, 0) is 0 Å². The van der Waals surface area contributed by atoms with E-state index in [2.05, 4.69) is 204 Å². The SMILES string of the molecule is c1ccc(-c2ccc(-n3c4ccc(N(c5ccccc5)c5ccc6c(c5)Oc5cccc7cccc-6c57)cc4c4c5ccccc5ccc43)cc2)cc1. The summed E-state index contributed by atoms with van der Waals surface area (Å²) < 4.78 is 9.06. The Hall–Kier alpha value is -7.10. The van der Waals surface area contributed by atoms with Gasteiger partial charge in [0.25, 0.3) is 0 Å². The predicted octanol–water partition coefficient (Wildman–Crippen LogP) is 14.0. The van der Waals surface area contributed by atoms with E-state index in [9.17, 15) is 0 Å². The second-order valence-corrected chi connectivity index (χ2v) is 13.7. The molecule has 0 atom stereocenters. The summed E-state index contributed by atoms with van der Waals surface area (Å²) in [5.41, 5.74) is 11.4. The average Bonchev–Trinajstić information content (AvgIpc) is 3.56. The number of rotatable bonds is 5. The molecule has 0 spiro atoms. The lowest BCUT2D eigenvalue weighted by atomic mass is 9.94. The zero-order valence-corrected chi connectivity index (χ0v) is 28.8. The van der Waals surface area contributed by atoms with Crippen molar-refractivity contribution in [3.05, 3.63) is 194 Å². The molecule has 0 aliphatic carbocycles. The van der Waals surface area contributed by atoms with E-state index < -0.39 is 0 Å². The van der Waals surface area contributed by atoms with Gasteiger partial charge in [-0.2, -0.15) is 0 Å². The minimum Gasteiger partial charge on any atom is -0.456 e. The Labute approximate surface area is 307 Å². The van der Waals surface area contributed by atoms with Crippen molar-refractivity contribution in [1.82, 2.24) is 4.57 Å². The van der Waals surface area contributed by atoms with Crippen LogP contribution in [0.2, 0.25) is 0 Å². The first kappa shape index (κ1) is 29.6. The quantitative estimate of drug-likeness (QED) is 0.181. The van der Waals surface area contributed by atoms with Gasteiger partial charge in [-0.3, -0.25) is 0 Å². The molecule has 9 aromatic carbocycles. The number of ether oxygens (including phenoxy) is 1. The summed E-state index contributed by atoms with van der Waals surface area (Å²) in [5, 5.41) is 7.28. The molecule has 0 bridgehead atoms. The Kier molecular flexibility index (Phi) is 6.55. The lowest BCUT2D eigenvalue weighted by Gasteiger charge is -2.28. The summed E-state index contributed by atoms with van der Waals surface area (Å²) >= 11 is 0. The topological polar surface area (TPSA) is 17.4 Å². The van der Waals surface area contributed by atoms with Crippen LogP contribution >= 0.6 is 0 Å². The summed E-state index contributed by atoms with van der Waals surface area (Å²) in [4.78, 5) is 2.34. The maximum Gasteiger partial charge on any atom is 0.137 e. The van der Waals surface area contributed by atoms with E-state index in [1.54, 1.807) is 0 Å². The zero-order chi connectivity index (χ0) is 34.9. The van der Waals surface area contributed by atoms with E-state index in [1.807, 2.05) is 0 Å². The minimum absolute atomic E-state index is 0.859. The molecule has 1 aromatic heterocycles. The Morgan fingerprint density at radius 2 is 1.06 bits per heavy atom. The van der Waals surface area contributed by atoms with Crippen molar-refractivity contribution in [2.75, 3.05) is 4.90 Å². The van der Waals surface area contributed by atoms with Gasteiger partial charge in [0, 0.05) is 50.5 Å². The number of nitrogens with zero attached hydrogens (tertiary/aromatic N) is 2. The molecule has 53 heavy (non-hydrogen) atoms. The molecule has 3 heteroatoms. The van der Waals surface area contributed by atoms with E-state index in [0.29, 0.717) is 0 Å². The summed E-state index contributed by atoms with van der Waals surface area (Å²) in [6, 6.07) is 69.7. The molecule has 2 heterocycles. The van der Waals surface area contributed by atoms with E-state index in [0.717, 1.165) is 39.8 Å². The molecular weight excluding hydrogens is 645 g/mol. The monoisotopic (exact) mass is 676 g/mol. The third-order valence-corrected chi connectivity index (χ3v) is 10.7. The number of aromatic nitrogens is 1. The minimum atomic E-state index is 0.859. The Bertz CT molecular complexity index is 3010. The molecule has 0 radical (unpaired) electrons. The van der Waals surface area contributed by atoms with Crippen molar-refractivity contribution >= 4 is 60.4 Å². The second-order valence-electron chi connectivity index (χ2n) is 13.7. The van der Waals surface area contributed by atoms with E-state index in [-0.39, 0.29) is 0 Å². The third-order valence-electron chi connectivity index (χ3n) is 10.7. The fourth-order valence-corrected chi connectivity index (χ4v) is 8.35. The van der Waals surface area contributed by atoms with Crippen LogP contribution in [0.5, 0.6) is 11.5 Å². The van der Waals surface area contributed by atoms with Crippen molar-refractivity contribution in [2.24, 2.45) is 0 Å². The highest BCUT2D eigenvalue weighted by atomic mass is 16.5. The zero-order valence-electron chi connectivity index (χ0n) is 28.8. The van der Waals surface area contributed by atoms with Crippen LogP contribution in [0.15, 0.2) is 194 Å². The van der Waals surface area contributed by atoms with Gasteiger partial charge in [0.1, 0.15) is 11.5 Å². The third kappa shape index (κ3) is 4.68. The first-order valence-corrected chi connectivity index (χ1v) is 18.1. The van der Waals surface area contributed by atoms with Crippen molar-refractivity contribution in [2.45, 2.75) is 0 Å². The van der Waals surface area contributed by atoms with Crippen molar-refractivity contribution in [3.8, 4) is 39.4 Å². The lowest BCUT2D eigenvalue weighted by molar-refractivity contribution is 0.487. The molecule has 0 fully saturated rings. The highest BCUT2D eigenvalue weighted by molar-refractivity contribution is 6.22. The molecule has 0 amide bonds. The number of fused-ring (bicyclic) bond motifs is 7. The van der Waals surface area contributed by atoms with E-state index in [1.165, 1.54) is 60.0 Å². The van der Waals surface area contributed by atoms with Crippen LogP contribution < -0.4 is 9.64 Å². The van der Waals surface area contributed by atoms with Gasteiger partial charge in [-0.1, -0.05) is 121 Å². The number of anilines is 3. The lowest BCUT2D eigenvalue weighted by Crippen LogP contribution is -2.10.